The molecule has 1 heterocycles. The van der Waals surface area contributed by atoms with Gasteiger partial charge in [0, 0.05) is 16.6 Å². The number of ether oxygens (including phenoxy) is 1. The Kier molecular flexibility index (Phi) is 6.09. The van der Waals surface area contributed by atoms with Crippen molar-refractivity contribution in [3.63, 3.8) is 0 Å². The monoisotopic (exact) mass is 414 g/mol. The number of rotatable bonds is 5. The largest absolute Gasteiger partial charge is 0.456 e. The number of para-hydroxylation sites is 1. The number of fused-ring (bicyclic) bond motifs is 1. The lowest BCUT2D eigenvalue weighted by Crippen LogP contribution is -2.04. The second-order valence-electron chi connectivity index (χ2n) is 6.47. The average molecular weight is 415 g/mol. The first-order valence-corrected chi connectivity index (χ1v) is 9.78. The Labute approximate surface area is 180 Å². The molecule has 0 aliphatic heterocycles. The van der Waals surface area contributed by atoms with Crippen molar-refractivity contribution in [1.82, 2.24) is 15.3 Å². The van der Waals surface area contributed by atoms with E-state index in [1.165, 1.54) is 6.33 Å². The molecule has 3 aromatic carbocycles. The molecule has 5 nitrogen and oxygen atoms in total. The first-order chi connectivity index (χ1) is 14.7. The molecule has 0 bridgehead atoms. The fraction of sp³-hybridized carbons (Fsp3) is 0.0833. The van der Waals surface area contributed by atoms with Gasteiger partial charge in [-0.05, 0) is 55.6 Å². The van der Waals surface area contributed by atoms with Gasteiger partial charge in [-0.2, -0.15) is 0 Å². The van der Waals surface area contributed by atoms with Gasteiger partial charge < -0.3 is 15.4 Å². The molecule has 0 saturated heterocycles. The number of hydrogen-bond donors (Lipinski definition) is 2. The third kappa shape index (κ3) is 4.69. The van der Waals surface area contributed by atoms with Crippen molar-refractivity contribution in [3.05, 3.63) is 83.6 Å². The summed E-state index contributed by atoms with van der Waals surface area (Å²) in [5.74, 6) is 8.20. The van der Waals surface area contributed by atoms with E-state index in [0.717, 1.165) is 27.9 Å². The van der Waals surface area contributed by atoms with Crippen LogP contribution in [0.1, 0.15) is 5.56 Å². The minimum absolute atomic E-state index is 0.501. The predicted molar refractivity (Wildman–Crippen MR) is 122 cm³/mol. The molecule has 0 radical (unpaired) electrons. The van der Waals surface area contributed by atoms with Crippen LogP contribution in [-0.2, 0) is 0 Å². The summed E-state index contributed by atoms with van der Waals surface area (Å²) in [6, 6.07) is 20.9. The van der Waals surface area contributed by atoms with E-state index >= 15 is 0 Å². The summed E-state index contributed by atoms with van der Waals surface area (Å²) in [5.41, 5.74) is 2.54. The predicted octanol–water partition coefficient (Wildman–Crippen LogP) is 5.39. The third-order valence-electron chi connectivity index (χ3n) is 4.30. The molecule has 0 saturated carbocycles. The molecule has 148 valence electrons. The van der Waals surface area contributed by atoms with Gasteiger partial charge in [-0.25, -0.2) is 9.97 Å². The first kappa shape index (κ1) is 19.7. The van der Waals surface area contributed by atoms with Crippen LogP contribution in [-0.4, -0.2) is 23.6 Å². The maximum Gasteiger partial charge on any atom is 0.146 e. The Bertz CT molecular complexity index is 1230. The minimum Gasteiger partial charge on any atom is -0.456 e. The van der Waals surface area contributed by atoms with E-state index in [1.807, 2.05) is 73.8 Å². The zero-order valence-corrected chi connectivity index (χ0v) is 17.1. The van der Waals surface area contributed by atoms with Gasteiger partial charge in [0.05, 0.1) is 17.1 Å². The average Bonchev–Trinajstić information content (AvgIpc) is 2.77. The summed E-state index contributed by atoms with van der Waals surface area (Å²) in [6.45, 7) is 0.629. The van der Waals surface area contributed by atoms with Crippen LogP contribution in [0.5, 0.6) is 11.5 Å². The zero-order valence-electron chi connectivity index (χ0n) is 16.3. The van der Waals surface area contributed by atoms with Crippen molar-refractivity contribution < 1.29 is 4.74 Å². The Morgan fingerprint density at radius 2 is 1.87 bits per heavy atom. The van der Waals surface area contributed by atoms with Crippen LogP contribution in [0, 0.1) is 11.8 Å². The number of halogens is 1. The summed E-state index contributed by atoms with van der Waals surface area (Å²) in [5, 5.41) is 7.72. The molecule has 4 aromatic rings. The standard InChI is InChI=1S/C24H19ClN4O/c1-26-13-5-6-17-9-11-22-20(14-17)24(28-16-27-22)29-18-10-12-23(21(25)15-18)30-19-7-3-2-4-8-19/h2-4,7-12,14-16,26H,13H2,1H3,(H,27,28,29). The summed E-state index contributed by atoms with van der Waals surface area (Å²) in [7, 11) is 1.87. The molecule has 4 rings (SSSR count). The number of nitrogens with one attached hydrogen (secondary N) is 2. The Morgan fingerprint density at radius 1 is 1.00 bits per heavy atom. The van der Waals surface area contributed by atoms with Crippen LogP contribution >= 0.6 is 11.6 Å². The SMILES string of the molecule is CNCC#Cc1ccc2ncnc(Nc3ccc(Oc4ccccc4)c(Cl)c3)c2c1. The molecule has 0 unspecified atom stereocenters. The van der Waals surface area contributed by atoms with Gasteiger partial charge >= 0.3 is 0 Å². The van der Waals surface area contributed by atoms with E-state index in [9.17, 15) is 0 Å². The molecule has 0 fully saturated rings. The van der Waals surface area contributed by atoms with Crippen molar-refractivity contribution in [2.24, 2.45) is 0 Å². The van der Waals surface area contributed by atoms with Crippen molar-refractivity contribution in [3.8, 4) is 23.3 Å². The van der Waals surface area contributed by atoms with E-state index in [2.05, 4.69) is 32.4 Å². The lowest BCUT2D eigenvalue weighted by Gasteiger charge is -2.11. The van der Waals surface area contributed by atoms with Crippen LogP contribution in [0.4, 0.5) is 11.5 Å². The molecule has 1 aromatic heterocycles. The Hall–Kier alpha value is -3.59. The number of anilines is 2. The Balaban J connectivity index is 1.60. The molecule has 0 amide bonds. The summed E-state index contributed by atoms with van der Waals surface area (Å²) in [6.07, 6.45) is 1.53. The van der Waals surface area contributed by atoms with Crippen LogP contribution in [0.25, 0.3) is 10.9 Å². The van der Waals surface area contributed by atoms with Crippen molar-refractivity contribution in [2.75, 3.05) is 18.9 Å². The highest BCUT2D eigenvalue weighted by Gasteiger charge is 2.08. The fourth-order valence-electron chi connectivity index (χ4n) is 2.88. The van der Waals surface area contributed by atoms with Crippen LogP contribution < -0.4 is 15.4 Å². The van der Waals surface area contributed by atoms with Gasteiger partial charge in [0.2, 0.25) is 0 Å². The number of aromatic nitrogens is 2. The fourth-order valence-corrected chi connectivity index (χ4v) is 3.10. The van der Waals surface area contributed by atoms with Crippen LogP contribution in [0.15, 0.2) is 73.1 Å². The molecule has 0 aliphatic carbocycles. The lowest BCUT2D eigenvalue weighted by molar-refractivity contribution is 0.483. The summed E-state index contributed by atoms with van der Waals surface area (Å²) in [4.78, 5) is 8.74. The van der Waals surface area contributed by atoms with Gasteiger partial charge in [0.15, 0.2) is 0 Å². The molecular formula is C24H19ClN4O. The summed E-state index contributed by atoms with van der Waals surface area (Å²) < 4.78 is 5.84. The number of hydrogen-bond acceptors (Lipinski definition) is 5. The van der Waals surface area contributed by atoms with E-state index in [4.69, 9.17) is 16.3 Å². The third-order valence-corrected chi connectivity index (χ3v) is 4.59. The van der Waals surface area contributed by atoms with E-state index in [-0.39, 0.29) is 0 Å². The smallest absolute Gasteiger partial charge is 0.146 e. The van der Waals surface area contributed by atoms with E-state index < -0.39 is 0 Å². The summed E-state index contributed by atoms with van der Waals surface area (Å²) >= 11 is 6.44. The maximum atomic E-state index is 6.44. The van der Waals surface area contributed by atoms with E-state index in [1.54, 1.807) is 0 Å². The first-order valence-electron chi connectivity index (χ1n) is 9.40. The molecule has 2 N–H and O–H groups in total. The van der Waals surface area contributed by atoms with E-state index in [0.29, 0.717) is 23.1 Å². The number of benzene rings is 3. The Morgan fingerprint density at radius 3 is 2.67 bits per heavy atom. The molecule has 30 heavy (non-hydrogen) atoms. The van der Waals surface area contributed by atoms with Gasteiger partial charge in [-0.1, -0.05) is 41.6 Å². The zero-order chi connectivity index (χ0) is 20.8. The highest BCUT2D eigenvalue weighted by atomic mass is 35.5. The quantitative estimate of drug-likeness (QED) is 0.429. The molecular weight excluding hydrogens is 396 g/mol. The molecule has 6 heteroatoms. The van der Waals surface area contributed by atoms with Crippen LogP contribution in [0.2, 0.25) is 5.02 Å². The van der Waals surface area contributed by atoms with Crippen molar-refractivity contribution in [2.45, 2.75) is 0 Å². The van der Waals surface area contributed by atoms with Crippen molar-refractivity contribution >= 4 is 34.0 Å². The minimum atomic E-state index is 0.501. The molecule has 0 atom stereocenters. The van der Waals surface area contributed by atoms with Crippen molar-refractivity contribution in [1.29, 1.82) is 0 Å². The second-order valence-corrected chi connectivity index (χ2v) is 6.88. The molecule has 0 spiro atoms. The lowest BCUT2D eigenvalue weighted by atomic mass is 10.1. The van der Waals surface area contributed by atoms with Gasteiger partial charge in [-0.15, -0.1) is 0 Å². The normalized spacial score (nSPS) is 10.3. The highest BCUT2D eigenvalue weighted by Crippen LogP contribution is 2.33. The van der Waals surface area contributed by atoms with Gasteiger partial charge in [0.1, 0.15) is 23.6 Å². The maximum absolute atomic E-state index is 6.44. The molecule has 0 aliphatic rings. The van der Waals surface area contributed by atoms with Crippen LogP contribution in [0.3, 0.4) is 0 Å². The highest BCUT2D eigenvalue weighted by molar-refractivity contribution is 6.32. The number of nitrogens with zero attached hydrogens (tertiary/aromatic N) is 2. The second kappa shape index (κ2) is 9.27. The van der Waals surface area contributed by atoms with Gasteiger partial charge in [0.25, 0.3) is 0 Å². The topological polar surface area (TPSA) is 59.1 Å². The van der Waals surface area contributed by atoms with Gasteiger partial charge in [-0.3, -0.25) is 0 Å².